The molecule has 0 amide bonds. The summed E-state index contributed by atoms with van der Waals surface area (Å²) in [6, 6.07) is 13.7. The molecular formula is C17H15NO4. The van der Waals surface area contributed by atoms with E-state index in [9.17, 15) is 4.79 Å². The standard InChI is InChI=1S/C17H15NO4/c1-10-8-9-12-14(13(10)11-6-4-3-5-7-11)15(21-2)16(18-12)22-17(19)20/h3-9,18H,1-2H3,(H,19,20). The van der Waals surface area contributed by atoms with E-state index in [4.69, 9.17) is 14.6 Å². The molecule has 22 heavy (non-hydrogen) atoms. The highest BCUT2D eigenvalue weighted by molar-refractivity contribution is 6.03. The Morgan fingerprint density at radius 2 is 1.86 bits per heavy atom. The maximum atomic E-state index is 10.8. The minimum atomic E-state index is -1.39. The van der Waals surface area contributed by atoms with Gasteiger partial charge in [-0.3, -0.25) is 0 Å². The largest absolute Gasteiger partial charge is 0.512 e. The summed E-state index contributed by atoms with van der Waals surface area (Å²) in [7, 11) is 1.49. The third kappa shape index (κ3) is 2.26. The van der Waals surface area contributed by atoms with E-state index in [1.165, 1.54) is 7.11 Å². The SMILES string of the molecule is COc1c(OC(=O)O)[nH]c2ccc(C)c(-c3ccccc3)c12. The Morgan fingerprint density at radius 3 is 2.50 bits per heavy atom. The molecule has 2 aromatic carbocycles. The van der Waals surface area contributed by atoms with Crippen LogP contribution in [-0.2, 0) is 0 Å². The van der Waals surface area contributed by atoms with Gasteiger partial charge in [0, 0.05) is 0 Å². The van der Waals surface area contributed by atoms with Crippen LogP contribution >= 0.6 is 0 Å². The monoisotopic (exact) mass is 297 g/mol. The Labute approximate surface area is 127 Å². The third-order valence-corrected chi connectivity index (χ3v) is 3.55. The molecule has 0 atom stereocenters. The maximum absolute atomic E-state index is 10.8. The molecule has 5 nitrogen and oxygen atoms in total. The van der Waals surface area contributed by atoms with E-state index >= 15 is 0 Å². The van der Waals surface area contributed by atoms with E-state index in [-0.39, 0.29) is 5.88 Å². The van der Waals surface area contributed by atoms with Gasteiger partial charge in [0.15, 0.2) is 5.75 Å². The number of nitrogens with one attached hydrogen (secondary N) is 1. The van der Waals surface area contributed by atoms with Crippen molar-refractivity contribution in [3.05, 3.63) is 48.0 Å². The average Bonchev–Trinajstić information content (AvgIpc) is 2.84. The molecule has 0 spiro atoms. The van der Waals surface area contributed by atoms with E-state index in [1.807, 2.05) is 49.4 Å². The van der Waals surface area contributed by atoms with Crippen molar-refractivity contribution >= 4 is 17.1 Å². The number of carboxylic acid groups (broad SMARTS) is 1. The van der Waals surface area contributed by atoms with Gasteiger partial charge in [-0.25, -0.2) is 4.79 Å². The second kappa shape index (κ2) is 5.44. The zero-order valence-corrected chi connectivity index (χ0v) is 12.2. The summed E-state index contributed by atoms with van der Waals surface area (Å²) in [5, 5.41) is 9.67. The lowest BCUT2D eigenvalue weighted by atomic mass is 9.96. The number of carbonyl (C=O) groups is 1. The molecule has 1 heterocycles. The van der Waals surface area contributed by atoms with Crippen LogP contribution in [0.5, 0.6) is 11.6 Å². The van der Waals surface area contributed by atoms with Gasteiger partial charge in [0.2, 0.25) is 5.88 Å². The van der Waals surface area contributed by atoms with Crippen molar-refractivity contribution in [1.29, 1.82) is 0 Å². The predicted molar refractivity (Wildman–Crippen MR) is 83.7 cm³/mol. The van der Waals surface area contributed by atoms with Crippen molar-refractivity contribution < 1.29 is 19.4 Å². The number of benzene rings is 2. The van der Waals surface area contributed by atoms with Crippen LogP contribution in [0.2, 0.25) is 0 Å². The van der Waals surface area contributed by atoms with Crippen LogP contribution in [0.3, 0.4) is 0 Å². The quantitative estimate of drug-likeness (QED) is 0.710. The Hall–Kier alpha value is -2.95. The lowest BCUT2D eigenvalue weighted by Gasteiger charge is -2.09. The molecule has 0 fully saturated rings. The molecule has 5 heteroatoms. The number of rotatable bonds is 3. The molecule has 2 N–H and O–H groups in total. The molecular weight excluding hydrogens is 282 g/mol. The molecule has 0 saturated heterocycles. The number of ether oxygens (including phenoxy) is 2. The van der Waals surface area contributed by atoms with Gasteiger partial charge in [-0.05, 0) is 29.7 Å². The Morgan fingerprint density at radius 1 is 1.14 bits per heavy atom. The zero-order chi connectivity index (χ0) is 15.7. The number of hydrogen-bond acceptors (Lipinski definition) is 3. The molecule has 0 aliphatic heterocycles. The Bertz CT molecular complexity index is 837. The van der Waals surface area contributed by atoms with Gasteiger partial charge in [0.1, 0.15) is 0 Å². The fourth-order valence-corrected chi connectivity index (χ4v) is 2.67. The average molecular weight is 297 g/mol. The molecule has 0 unspecified atom stereocenters. The van der Waals surface area contributed by atoms with Gasteiger partial charge in [-0.1, -0.05) is 36.4 Å². The van der Waals surface area contributed by atoms with Crippen molar-refractivity contribution in [2.24, 2.45) is 0 Å². The van der Waals surface area contributed by atoms with Crippen LogP contribution in [0.1, 0.15) is 5.56 Å². The Kier molecular flexibility index (Phi) is 3.47. The minimum Gasteiger partial charge on any atom is -0.491 e. The predicted octanol–water partition coefficient (Wildman–Crippen LogP) is 4.21. The highest BCUT2D eigenvalue weighted by atomic mass is 16.7. The second-order valence-corrected chi connectivity index (χ2v) is 4.90. The van der Waals surface area contributed by atoms with Gasteiger partial charge < -0.3 is 19.6 Å². The molecule has 3 aromatic rings. The van der Waals surface area contributed by atoms with E-state index < -0.39 is 6.16 Å². The van der Waals surface area contributed by atoms with E-state index in [0.29, 0.717) is 5.75 Å². The summed E-state index contributed by atoms with van der Waals surface area (Å²) in [5.41, 5.74) is 3.85. The number of fused-ring (bicyclic) bond motifs is 1. The number of methoxy groups -OCH3 is 1. The molecule has 3 rings (SSSR count). The van der Waals surface area contributed by atoms with Crippen LogP contribution < -0.4 is 9.47 Å². The topological polar surface area (TPSA) is 71.6 Å². The highest BCUT2D eigenvalue weighted by Gasteiger charge is 2.20. The number of aromatic nitrogens is 1. The zero-order valence-electron chi connectivity index (χ0n) is 12.2. The van der Waals surface area contributed by atoms with E-state index in [2.05, 4.69) is 4.98 Å². The normalized spacial score (nSPS) is 10.6. The van der Waals surface area contributed by atoms with Crippen molar-refractivity contribution in [3.8, 4) is 22.8 Å². The first-order valence-electron chi connectivity index (χ1n) is 6.77. The first-order chi connectivity index (χ1) is 10.6. The summed E-state index contributed by atoms with van der Waals surface area (Å²) in [4.78, 5) is 13.8. The number of hydrogen-bond donors (Lipinski definition) is 2. The van der Waals surface area contributed by atoms with Gasteiger partial charge in [-0.15, -0.1) is 0 Å². The fraction of sp³-hybridized carbons (Fsp3) is 0.118. The molecule has 0 saturated carbocycles. The maximum Gasteiger partial charge on any atom is 0.512 e. The molecule has 0 bridgehead atoms. The lowest BCUT2D eigenvalue weighted by molar-refractivity contribution is 0.141. The van der Waals surface area contributed by atoms with Gasteiger partial charge in [0.25, 0.3) is 0 Å². The summed E-state index contributed by atoms with van der Waals surface area (Å²) in [6.45, 7) is 2.01. The highest BCUT2D eigenvalue weighted by Crippen LogP contribution is 2.43. The minimum absolute atomic E-state index is 0.0905. The summed E-state index contributed by atoms with van der Waals surface area (Å²) in [5.74, 6) is 0.479. The van der Waals surface area contributed by atoms with Crippen LogP contribution in [0.15, 0.2) is 42.5 Å². The number of aryl methyl sites for hydroxylation is 1. The van der Waals surface area contributed by atoms with E-state index in [1.54, 1.807) is 0 Å². The molecule has 0 aliphatic carbocycles. The van der Waals surface area contributed by atoms with Crippen molar-refractivity contribution in [2.45, 2.75) is 6.92 Å². The van der Waals surface area contributed by atoms with Crippen molar-refractivity contribution in [2.75, 3.05) is 7.11 Å². The van der Waals surface area contributed by atoms with Gasteiger partial charge in [0.05, 0.1) is 18.0 Å². The fourth-order valence-electron chi connectivity index (χ4n) is 2.67. The smallest absolute Gasteiger partial charge is 0.491 e. The third-order valence-electron chi connectivity index (χ3n) is 3.55. The molecule has 0 aliphatic rings. The van der Waals surface area contributed by atoms with Crippen molar-refractivity contribution in [1.82, 2.24) is 4.98 Å². The summed E-state index contributed by atoms with van der Waals surface area (Å²) >= 11 is 0. The summed E-state index contributed by atoms with van der Waals surface area (Å²) in [6.07, 6.45) is -1.39. The molecule has 0 radical (unpaired) electrons. The lowest BCUT2D eigenvalue weighted by Crippen LogP contribution is -2.04. The molecule has 112 valence electrons. The van der Waals surface area contributed by atoms with Crippen LogP contribution in [-0.4, -0.2) is 23.4 Å². The van der Waals surface area contributed by atoms with Crippen LogP contribution in [0, 0.1) is 6.92 Å². The van der Waals surface area contributed by atoms with Gasteiger partial charge >= 0.3 is 6.16 Å². The second-order valence-electron chi connectivity index (χ2n) is 4.90. The number of aromatic amines is 1. The van der Waals surface area contributed by atoms with Crippen molar-refractivity contribution in [3.63, 3.8) is 0 Å². The van der Waals surface area contributed by atoms with Gasteiger partial charge in [-0.2, -0.15) is 0 Å². The number of H-pyrrole nitrogens is 1. The van der Waals surface area contributed by atoms with Crippen LogP contribution in [0.25, 0.3) is 22.0 Å². The first kappa shape index (κ1) is 14.0. The van der Waals surface area contributed by atoms with E-state index in [0.717, 1.165) is 27.6 Å². The van der Waals surface area contributed by atoms with Crippen LogP contribution in [0.4, 0.5) is 4.79 Å². The first-order valence-corrected chi connectivity index (χ1v) is 6.77. The Balaban J connectivity index is 2.34. The molecule has 1 aromatic heterocycles. The summed E-state index contributed by atoms with van der Waals surface area (Å²) < 4.78 is 10.2.